The second kappa shape index (κ2) is 8.49. The first kappa shape index (κ1) is 23.1. The number of ether oxygens (including phenoxy) is 2. The van der Waals surface area contributed by atoms with Crippen molar-refractivity contribution in [1.29, 1.82) is 0 Å². The highest BCUT2D eigenvalue weighted by Crippen LogP contribution is 2.46. The maximum Gasteiger partial charge on any atom is 0.494 e. The first-order chi connectivity index (χ1) is 13.9. The summed E-state index contributed by atoms with van der Waals surface area (Å²) < 4.78 is 74.2. The van der Waals surface area contributed by atoms with Crippen LogP contribution in [0.5, 0.6) is 11.5 Å². The van der Waals surface area contributed by atoms with E-state index in [9.17, 15) is 22.0 Å². The molecule has 2 aromatic rings. The van der Waals surface area contributed by atoms with E-state index in [0.29, 0.717) is 0 Å². The Morgan fingerprint density at radius 1 is 0.967 bits per heavy atom. The first-order valence-electron chi connectivity index (χ1n) is 7.98. The zero-order valence-corrected chi connectivity index (χ0v) is 17.5. The van der Waals surface area contributed by atoms with Gasteiger partial charge in [0, 0.05) is 4.90 Å². The molecule has 1 aliphatic rings. The second-order valence-electron chi connectivity index (χ2n) is 5.79. The van der Waals surface area contributed by atoms with E-state index in [1.165, 1.54) is 36.4 Å². The van der Waals surface area contributed by atoms with E-state index in [1.807, 2.05) is 4.99 Å². The fourth-order valence-corrected chi connectivity index (χ4v) is 3.26. The topological polar surface area (TPSA) is 44.5 Å². The number of para-hydroxylation sites is 2. The molecule has 0 unspecified atom stereocenters. The van der Waals surface area contributed by atoms with Gasteiger partial charge in [0.05, 0.1) is 0 Å². The fraction of sp³-hybridized carbons (Fsp3) is 0.235. The number of hydrogen-bond donors (Lipinski definition) is 2. The van der Waals surface area contributed by atoms with Crippen molar-refractivity contribution in [2.24, 2.45) is 0 Å². The SMILES string of the molecule is FC(F)Sc1ccc(NC(=[NH+]C2(C(Cl)(Cl)Cl)Oc3ccccc3O2)C(F)(F)F)cc1. The second-order valence-corrected chi connectivity index (χ2v) is 9.14. The number of fused-ring (bicyclic) bond motifs is 1. The summed E-state index contributed by atoms with van der Waals surface area (Å²) >= 11 is 17.9. The van der Waals surface area contributed by atoms with Gasteiger partial charge in [-0.2, -0.15) is 26.9 Å². The predicted octanol–water partition coefficient (Wildman–Crippen LogP) is 4.95. The van der Waals surface area contributed by atoms with Crippen LogP contribution in [0, 0.1) is 0 Å². The molecule has 1 aliphatic heterocycles. The Hall–Kier alpha value is -1.62. The third-order valence-corrected chi connectivity index (χ3v) is 5.12. The summed E-state index contributed by atoms with van der Waals surface area (Å²) in [5, 5.41) is 2.10. The van der Waals surface area contributed by atoms with E-state index in [2.05, 4.69) is 5.32 Å². The van der Waals surface area contributed by atoms with E-state index in [4.69, 9.17) is 44.3 Å². The molecule has 3 rings (SSSR count). The molecule has 0 bridgehead atoms. The normalized spacial score (nSPS) is 16.1. The molecule has 0 radical (unpaired) electrons. The summed E-state index contributed by atoms with van der Waals surface area (Å²) in [7, 11) is 0. The number of benzene rings is 2. The highest BCUT2D eigenvalue weighted by Gasteiger charge is 2.63. The molecule has 0 aromatic heterocycles. The largest absolute Gasteiger partial charge is 0.494 e. The minimum Gasteiger partial charge on any atom is -0.411 e. The number of rotatable bonds is 4. The lowest BCUT2D eigenvalue weighted by Crippen LogP contribution is -2.97. The summed E-state index contributed by atoms with van der Waals surface area (Å²) in [4.78, 5) is 2.14. The smallest absolute Gasteiger partial charge is 0.411 e. The molecule has 0 saturated heterocycles. The van der Waals surface area contributed by atoms with Crippen LogP contribution >= 0.6 is 46.6 Å². The van der Waals surface area contributed by atoms with Gasteiger partial charge in [0.2, 0.25) is 0 Å². The van der Waals surface area contributed by atoms with Crippen LogP contribution in [0.2, 0.25) is 0 Å². The van der Waals surface area contributed by atoms with E-state index < -0.39 is 27.5 Å². The van der Waals surface area contributed by atoms with Crippen molar-refractivity contribution in [3.05, 3.63) is 48.5 Å². The van der Waals surface area contributed by atoms with Crippen molar-refractivity contribution < 1.29 is 36.4 Å². The van der Waals surface area contributed by atoms with Crippen molar-refractivity contribution in [3.63, 3.8) is 0 Å². The summed E-state index contributed by atoms with van der Waals surface area (Å²) in [6.07, 6.45) is -4.97. The molecule has 0 aliphatic carbocycles. The van der Waals surface area contributed by atoms with Crippen LogP contribution in [0.1, 0.15) is 0 Å². The molecule has 1 heterocycles. The Morgan fingerprint density at radius 3 is 1.93 bits per heavy atom. The van der Waals surface area contributed by atoms with Crippen LogP contribution in [0.3, 0.4) is 0 Å². The molecule has 0 saturated carbocycles. The monoisotopic (exact) mass is 507 g/mol. The van der Waals surface area contributed by atoms with Gasteiger partial charge in [-0.05, 0) is 36.4 Å². The average Bonchev–Trinajstić information content (AvgIpc) is 3.01. The lowest BCUT2D eigenvalue weighted by atomic mass is 10.3. The minimum atomic E-state index is -4.97. The molecule has 4 nitrogen and oxygen atoms in total. The molecule has 0 spiro atoms. The maximum atomic E-state index is 13.7. The fourth-order valence-electron chi connectivity index (χ4n) is 2.39. The standard InChI is InChI=1S/C17H10Cl3F5N2O2S/c18-16(19,20)17(28-11-3-1-2-4-12(11)29-17)27-13(15(23,24)25)26-9-5-7-10(8-6-9)30-14(21)22/h1-8,14H,(H,26,27)/p+1. The van der Waals surface area contributed by atoms with Gasteiger partial charge in [0.1, 0.15) is 5.69 Å². The molecule has 162 valence electrons. The van der Waals surface area contributed by atoms with E-state index in [1.54, 1.807) is 12.1 Å². The van der Waals surface area contributed by atoms with Crippen molar-refractivity contribution in [2.75, 3.05) is 5.32 Å². The Morgan fingerprint density at radius 2 is 1.50 bits per heavy atom. The number of anilines is 1. The van der Waals surface area contributed by atoms with E-state index >= 15 is 0 Å². The number of thioether (sulfide) groups is 1. The number of amidine groups is 1. The van der Waals surface area contributed by atoms with Crippen LogP contribution in [0.25, 0.3) is 0 Å². The quantitative estimate of drug-likeness (QED) is 0.202. The van der Waals surface area contributed by atoms with Crippen molar-refractivity contribution in [3.8, 4) is 11.5 Å². The number of nitrogens with one attached hydrogen (secondary N) is 2. The Kier molecular flexibility index (Phi) is 6.52. The third kappa shape index (κ3) is 5.16. The van der Waals surface area contributed by atoms with Gasteiger partial charge in [-0.15, -0.1) is 0 Å². The van der Waals surface area contributed by atoms with Gasteiger partial charge >= 0.3 is 21.7 Å². The zero-order chi connectivity index (χ0) is 22.2. The molecule has 13 heteroatoms. The Bertz CT molecular complexity index is 911. The van der Waals surface area contributed by atoms with Gasteiger partial charge in [0.15, 0.2) is 11.5 Å². The van der Waals surface area contributed by atoms with Gasteiger partial charge in [-0.3, -0.25) is 0 Å². The zero-order valence-electron chi connectivity index (χ0n) is 14.4. The summed E-state index contributed by atoms with van der Waals surface area (Å²) in [6, 6.07) is 10.8. The third-order valence-electron chi connectivity index (χ3n) is 3.65. The number of alkyl halides is 8. The average molecular weight is 509 g/mol. The Balaban J connectivity index is 1.96. The number of halogens is 8. The van der Waals surface area contributed by atoms with Crippen LogP contribution in [0.15, 0.2) is 53.4 Å². The molecule has 2 N–H and O–H groups in total. The molecule has 2 aromatic carbocycles. The van der Waals surface area contributed by atoms with E-state index in [0.717, 1.165) is 0 Å². The molecular formula is C17H11Cl3F5N2O2S+. The molecule has 30 heavy (non-hydrogen) atoms. The minimum absolute atomic E-state index is 0.0613. The van der Waals surface area contributed by atoms with Crippen LogP contribution in [-0.2, 0) is 0 Å². The van der Waals surface area contributed by atoms with Crippen molar-refractivity contribution in [2.45, 2.75) is 26.5 Å². The van der Waals surface area contributed by atoms with Crippen molar-refractivity contribution >= 4 is 58.1 Å². The molecule has 0 fully saturated rings. The van der Waals surface area contributed by atoms with Gasteiger partial charge < -0.3 is 9.47 Å². The highest BCUT2D eigenvalue weighted by atomic mass is 35.6. The van der Waals surface area contributed by atoms with Crippen LogP contribution in [-0.4, -0.2) is 27.5 Å². The van der Waals surface area contributed by atoms with Crippen LogP contribution < -0.4 is 19.8 Å². The van der Waals surface area contributed by atoms with E-state index in [-0.39, 0.29) is 33.8 Å². The van der Waals surface area contributed by atoms with Gasteiger partial charge in [-0.1, -0.05) is 58.7 Å². The lowest BCUT2D eigenvalue weighted by molar-refractivity contribution is -0.652. The van der Waals surface area contributed by atoms with Crippen molar-refractivity contribution in [1.82, 2.24) is 0 Å². The first-order valence-corrected chi connectivity index (χ1v) is 9.99. The van der Waals surface area contributed by atoms with Gasteiger partial charge in [0.25, 0.3) is 5.76 Å². The summed E-state index contributed by atoms with van der Waals surface area (Å²) in [5.41, 5.74) is -0.0663. The highest BCUT2D eigenvalue weighted by molar-refractivity contribution is 7.99. The maximum absolute atomic E-state index is 13.7. The lowest BCUT2D eigenvalue weighted by Gasteiger charge is -2.27. The number of hydrogen-bond acceptors (Lipinski definition) is 3. The Labute approximate surface area is 186 Å². The molecule has 0 atom stereocenters. The van der Waals surface area contributed by atoms with Gasteiger partial charge in [-0.25, -0.2) is 5.32 Å². The molecule has 0 amide bonds. The molecular weight excluding hydrogens is 498 g/mol. The summed E-state index contributed by atoms with van der Waals surface area (Å²) in [5.74, 6) is -6.54. The summed E-state index contributed by atoms with van der Waals surface area (Å²) in [6.45, 7) is 0. The predicted molar refractivity (Wildman–Crippen MR) is 105 cm³/mol. The van der Waals surface area contributed by atoms with Crippen LogP contribution in [0.4, 0.5) is 27.6 Å².